The summed E-state index contributed by atoms with van der Waals surface area (Å²) in [5, 5.41) is 9.13. The van der Waals surface area contributed by atoms with Crippen LogP contribution in [0.3, 0.4) is 0 Å². The van der Waals surface area contributed by atoms with Gasteiger partial charge in [-0.25, -0.2) is 0 Å². The third-order valence-corrected chi connectivity index (χ3v) is 6.73. The van der Waals surface area contributed by atoms with Crippen LogP contribution >= 0.6 is 11.6 Å². The van der Waals surface area contributed by atoms with Gasteiger partial charge in [0, 0.05) is 31.2 Å². The number of carbonyl (C=O) groups excluding carboxylic acids is 1. The molecule has 0 radical (unpaired) electrons. The van der Waals surface area contributed by atoms with Gasteiger partial charge in [0.15, 0.2) is 5.58 Å². The average Bonchev–Trinajstić information content (AvgIpc) is 3.48. The van der Waals surface area contributed by atoms with Crippen LogP contribution in [-0.2, 0) is 0 Å². The van der Waals surface area contributed by atoms with Crippen LogP contribution in [0.1, 0.15) is 22.3 Å². The molecule has 168 valence electrons. The van der Waals surface area contributed by atoms with Gasteiger partial charge in [-0.1, -0.05) is 17.7 Å². The highest BCUT2D eigenvalue weighted by Gasteiger charge is 2.38. The number of anilines is 1. The molecule has 8 nitrogen and oxygen atoms in total. The van der Waals surface area contributed by atoms with Gasteiger partial charge < -0.3 is 14.2 Å². The van der Waals surface area contributed by atoms with E-state index in [4.69, 9.17) is 16.0 Å². The average molecular weight is 463 g/mol. The van der Waals surface area contributed by atoms with Crippen molar-refractivity contribution in [1.29, 1.82) is 0 Å². The van der Waals surface area contributed by atoms with Crippen molar-refractivity contribution in [3.8, 4) is 5.69 Å². The maximum Gasteiger partial charge on any atom is 0.298 e. The number of aromatic nitrogens is 4. The maximum absolute atomic E-state index is 13.6. The number of aryl methyl sites for hydroxylation is 1. The van der Waals surface area contributed by atoms with Crippen molar-refractivity contribution in [1.82, 2.24) is 24.9 Å². The molecule has 33 heavy (non-hydrogen) atoms. The summed E-state index contributed by atoms with van der Waals surface area (Å²) in [6.45, 7) is 5.03. The van der Waals surface area contributed by atoms with E-state index in [0.29, 0.717) is 47.2 Å². The lowest BCUT2D eigenvalue weighted by Crippen LogP contribution is -2.54. The minimum atomic E-state index is 0.0296. The van der Waals surface area contributed by atoms with E-state index in [1.807, 2.05) is 48.2 Å². The number of carbonyl (C=O) groups is 1. The number of fused-ring (bicyclic) bond motifs is 3. The van der Waals surface area contributed by atoms with E-state index in [1.54, 1.807) is 12.4 Å². The number of oxazole rings is 1. The van der Waals surface area contributed by atoms with Crippen LogP contribution < -0.4 is 4.90 Å². The first-order valence-electron chi connectivity index (χ1n) is 11.1. The van der Waals surface area contributed by atoms with E-state index >= 15 is 0 Å². The number of halogens is 1. The summed E-state index contributed by atoms with van der Waals surface area (Å²) in [6.07, 6.45) is 4.35. The Hall–Kier alpha value is -3.39. The summed E-state index contributed by atoms with van der Waals surface area (Å²) in [6, 6.07) is 11.9. The molecule has 2 aromatic carbocycles. The van der Waals surface area contributed by atoms with E-state index in [9.17, 15) is 4.79 Å². The molecule has 2 saturated heterocycles. The second-order valence-corrected chi connectivity index (χ2v) is 9.47. The van der Waals surface area contributed by atoms with Crippen molar-refractivity contribution in [3.63, 3.8) is 0 Å². The Morgan fingerprint density at radius 3 is 2.55 bits per heavy atom. The molecule has 4 heterocycles. The molecule has 2 aliphatic heterocycles. The Bertz CT molecular complexity index is 1320. The molecule has 2 bridgehead atoms. The van der Waals surface area contributed by atoms with Gasteiger partial charge in [0.1, 0.15) is 5.52 Å². The van der Waals surface area contributed by atoms with Crippen LogP contribution in [0.2, 0.25) is 5.02 Å². The van der Waals surface area contributed by atoms with Crippen molar-refractivity contribution in [2.24, 2.45) is 11.8 Å². The molecule has 0 spiro atoms. The third-order valence-electron chi connectivity index (χ3n) is 6.49. The van der Waals surface area contributed by atoms with Crippen LogP contribution in [0.4, 0.5) is 6.01 Å². The van der Waals surface area contributed by atoms with Crippen molar-refractivity contribution in [2.45, 2.75) is 13.3 Å². The Morgan fingerprint density at radius 1 is 1.03 bits per heavy atom. The summed E-state index contributed by atoms with van der Waals surface area (Å²) in [5.41, 5.74) is 3.91. The fourth-order valence-electron chi connectivity index (χ4n) is 5.12. The topological polar surface area (TPSA) is 80.3 Å². The van der Waals surface area contributed by atoms with E-state index in [-0.39, 0.29) is 5.91 Å². The molecule has 9 heteroatoms. The number of piperidine rings is 2. The van der Waals surface area contributed by atoms with Crippen molar-refractivity contribution < 1.29 is 9.21 Å². The van der Waals surface area contributed by atoms with Crippen LogP contribution in [-0.4, -0.2) is 57.0 Å². The number of amides is 1. The summed E-state index contributed by atoms with van der Waals surface area (Å²) >= 11 is 6.10. The fraction of sp³-hybridized carbons (Fsp3) is 0.333. The molecule has 4 aromatic rings. The highest BCUT2D eigenvalue weighted by atomic mass is 35.5. The molecule has 2 unspecified atom stereocenters. The summed E-state index contributed by atoms with van der Waals surface area (Å²) in [7, 11) is 0. The van der Waals surface area contributed by atoms with E-state index in [2.05, 4.69) is 20.1 Å². The van der Waals surface area contributed by atoms with Crippen LogP contribution in [0.5, 0.6) is 0 Å². The zero-order valence-corrected chi connectivity index (χ0v) is 18.9. The number of benzene rings is 2. The van der Waals surface area contributed by atoms with Gasteiger partial charge in [0.2, 0.25) is 0 Å². The van der Waals surface area contributed by atoms with Crippen LogP contribution in [0.15, 0.2) is 53.2 Å². The van der Waals surface area contributed by atoms with Gasteiger partial charge >= 0.3 is 0 Å². The summed E-state index contributed by atoms with van der Waals surface area (Å²) < 4.78 is 6.00. The third kappa shape index (κ3) is 3.74. The van der Waals surface area contributed by atoms with Crippen molar-refractivity contribution in [3.05, 3.63) is 64.9 Å². The van der Waals surface area contributed by atoms with E-state index in [1.165, 1.54) is 4.80 Å². The smallest absolute Gasteiger partial charge is 0.298 e. The highest BCUT2D eigenvalue weighted by Crippen LogP contribution is 2.34. The Morgan fingerprint density at radius 2 is 1.79 bits per heavy atom. The van der Waals surface area contributed by atoms with E-state index < -0.39 is 0 Å². The molecule has 0 saturated carbocycles. The lowest BCUT2D eigenvalue weighted by molar-refractivity contribution is 0.0561. The normalized spacial score (nSPS) is 20.4. The summed E-state index contributed by atoms with van der Waals surface area (Å²) in [4.78, 5) is 23.9. The van der Waals surface area contributed by atoms with Crippen molar-refractivity contribution in [2.75, 3.05) is 31.1 Å². The second-order valence-electron chi connectivity index (χ2n) is 9.03. The van der Waals surface area contributed by atoms with Gasteiger partial charge in [-0.05, 0) is 61.1 Å². The highest BCUT2D eigenvalue weighted by molar-refractivity contribution is 6.31. The number of nitrogens with zero attached hydrogens (tertiary/aromatic N) is 6. The standard InChI is InChI=1S/C24H23ClN6O2/c1-15-2-4-19(21(8-15)31-26-6-7-27-31)23(32)29-11-16-9-17(12-29)14-30(13-16)24-28-20-10-18(25)3-5-22(20)33-24/h2-8,10,16-17H,9,11-14H2,1H3. The molecule has 0 N–H and O–H groups in total. The molecular formula is C24H23ClN6O2. The molecule has 1 amide bonds. The number of rotatable bonds is 3. The molecule has 2 aromatic heterocycles. The number of hydrogen-bond acceptors (Lipinski definition) is 6. The minimum absolute atomic E-state index is 0.0296. The Kier molecular flexibility index (Phi) is 4.83. The SMILES string of the molecule is Cc1ccc(C(=O)N2CC3CC(C2)CN(c2nc4cc(Cl)ccc4o2)C3)c(-n2nccn2)c1. The first kappa shape index (κ1) is 20.2. The maximum atomic E-state index is 13.6. The van der Waals surface area contributed by atoms with Gasteiger partial charge in [-0.2, -0.15) is 20.0 Å². The first-order chi connectivity index (χ1) is 16.0. The largest absolute Gasteiger partial charge is 0.423 e. The zero-order valence-electron chi connectivity index (χ0n) is 18.2. The van der Waals surface area contributed by atoms with Crippen LogP contribution in [0.25, 0.3) is 16.8 Å². The van der Waals surface area contributed by atoms with Gasteiger partial charge in [0.05, 0.1) is 23.6 Å². The van der Waals surface area contributed by atoms with Gasteiger partial charge in [0.25, 0.3) is 11.9 Å². The monoisotopic (exact) mass is 462 g/mol. The molecule has 2 aliphatic rings. The number of hydrogen-bond donors (Lipinski definition) is 0. The molecule has 0 aliphatic carbocycles. The lowest BCUT2D eigenvalue weighted by atomic mass is 9.84. The van der Waals surface area contributed by atoms with Crippen molar-refractivity contribution >= 4 is 34.6 Å². The summed E-state index contributed by atoms with van der Waals surface area (Å²) in [5.74, 6) is 0.746. The fourth-order valence-corrected chi connectivity index (χ4v) is 5.29. The Labute approximate surface area is 195 Å². The predicted octanol–water partition coefficient (Wildman–Crippen LogP) is 3.97. The lowest BCUT2D eigenvalue weighted by Gasteiger charge is -2.45. The predicted molar refractivity (Wildman–Crippen MR) is 125 cm³/mol. The van der Waals surface area contributed by atoms with E-state index in [0.717, 1.165) is 36.2 Å². The van der Waals surface area contributed by atoms with Crippen LogP contribution in [0, 0.1) is 18.8 Å². The zero-order chi connectivity index (χ0) is 22.5. The number of likely N-dealkylation sites (tertiary alicyclic amines) is 1. The second kappa shape index (κ2) is 7.88. The Balaban J connectivity index is 1.22. The molecule has 2 atom stereocenters. The molecule has 2 fully saturated rings. The van der Waals surface area contributed by atoms with Gasteiger partial charge in [-0.15, -0.1) is 0 Å². The first-order valence-corrected chi connectivity index (χ1v) is 11.5. The van der Waals surface area contributed by atoms with Gasteiger partial charge in [-0.3, -0.25) is 4.79 Å². The quantitative estimate of drug-likeness (QED) is 0.458. The molecule has 6 rings (SSSR count). The minimum Gasteiger partial charge on any atom is -0.423 e. The molecular weight excluding hydrogens is 440 g/mol.